The van der Waals surface area contributed by atoms with Gasteiger partial charge in [0.05, 0.1) is 0 Å². The number of nitrogens with one attached hydrogen (secondary N) is 1. The van der Waals surface area contributed by atoms with Gasteiger partial charge in [-0.05, 0) is 43.9 Å². The molecular weight excluding hydrogens is 266 g/mol. The molecule has 0 heterocycles. The second-order valence-electron chi connectivity index (χ2n) is 7.16. The van der Waals surface area contributed by atoms with Crippen molar-refractivity contribution < 1.29 is 14.7 Å². The van der Waals surface area contributed by atoms with Gasteiger partial charge in [-0.25, -0.2) is 4.79 Å². The summed E-state index contributed by atoms with van der Waals surface area (Å²) in [6.45, 7) is 2.15. The fourth-order valence-corrected chi connectivity index (χ4v) is 3.79. The number of carbonyl (C=O) groups is 2. The van der Waals surface area contributed by atoms with Crippen LogP contribution in [0.3, 0.4) is 0 Å². The van der Waals surface area contributed by atoms with Crippen molar-refractivity contribution in [2.45, 2.75) is 83.1 Å². The van der Waals surface area contributed by atoms with Crippen molar-refractivity contribution in [3.63, 3.8) is 0 Å². The molecule has 2 aliphatic rings. The van der Waals surface area contributed by atoms with E-state index in [4.69, 9.17) is 0 Å². The first-order chi connectivity index (χ1) is 10.0. The van der Waals surface area contributed by atoms with Gasteiger partial charge in [0.1, 0.15) is 5.54 Å². The third-order valence-corrected chi connectivity index (χ3v) is 5.42. The van der Waals surface area contributed by atoms with Crippen LogP contribution in [0.4, 0.5) is 0 Å². The van der Waals surface area contributed by atoms with Crippen molar-refractivity contribution in [2.24, 2.45) is 11.8 Å². The first kappa shape index (κ1) is 16.3. The molecule has 0 aromatic carbocycles. The van der Waals surface area contributed by atoms with Gasteiger partial charge in [-0.2, -0.15) is 0 Å². The van der Waals surface area contributed by atoms with E-state index < -0.39 is 11.5 Å². The normalized spacial score (nSPS) is 30.8. The van der Waals surface area contributed by atoms with Gasteiger partial charge in [-0.1, -0.05) is 39.0 Å². The molecule has 0 aromatic rings. The lowest BCUT2D eigenvalue weighted by Crippen LogP contribution is -2.56. The summed E-state index contributed by atoms with van der Waals surface area (Å²) in [5.74, 6) is 0.297. The van der Waals surface area contributed by atoms with Crippen LogP contribution in [-0.4, -0.2) is 22.5 Å². The Morgan fingerprint density at radius 2 is 1.71 bits per heavy atom. The lowest BCUT2D eigenvalue weighted by molar-refractivity contribution is -0.149. The summed E-state index contributed by atoms with van der Waals surface area (Å²) in [7, 11) is 0. The molecule has 2 fully saturated rings. The third-order valence-electron chi connectivity index (χ3n) is 5.42. The number of hydrogen-bond acceptors (Lipinski definition) is 2. The molecule has 0 aliphatic heterocycles. The van der Waals surface area contributed by atoms with E-state index in [9.17, 15) is 14.7 Å². The van der Waals surface area contributed by atoms with Gasteiger partial charge in [-0.3, -0.25) is 4.79 Å². The highest BCUT2D eigenvalue weighted by molar-refractivity contribution is 5.87. The first-order valence-electron chi connectivity index (χ1n) is 8.56. The minimum atomic E-state index is -1.00. The van der Waals surface area contributed by atoms with Crippen LogP contribution in [0.2, 0.25) is 0 Å². The molecule has 120 valence electrons. The van der Waals surface area contributed by atoms with Crippen LogP contribution in [0.15, 0.2) is 0 Å². The quantitative estimate of drug-likeness (QED) is 0.816. The monoisotopic (exact) mass is 295 g/mol. The Morgan fingerprint density at radius 1 is 1.10 bits per heavy atom. The molecule has 0 bridgehead atoms. The fraction of sp³-hybridized carbons (Fsp3) is 0.882. The maximum atomic E-state index is 12.2. The molecule has 4 nitrogen and oxygen atoms in total. The Morgan fingerprint density at radius 3 is 2.29 bits per heavy atom. The summed E-state index contributed by atoms with van der Waals surface area (Å²) in [5, 5.41) is 12.4. The summed E-state index contributed by atoms with van der Waals surface area (Å²) < 4.78 is 0. The predicted octanol–water partition coefficient (Wildman–Crippen LogP) is 3.50. The van der Waals surface area contributed by atoms with Gasteiger partial charge in [0.2, 0.25) is 5.91 Å². The molecule has 0 spiro atoms. The molecule has 0 saturated heterocycles. The van der Waals surface area contributed by atoms with E-state index in [0.29, 0.717) is 31.1 Å². The third kappa shape index (κ3) is 4.45. The van der Waals surface area contributed by atoms with E-state index in [1.54, 1.807) is 0 Å². The maximum Gasteiger partial charge on any atom is 0.329 e. The van der Waals surface area contributed by atoms with Gasteiger partial charge in [0.15, 0.2) is 0 Å². The number of hydrogen-bond donors (Lipinski definition) is 2. The zero-order valence-electron chi connectivity index (χ0n) is 13.2. The van der Waals surface area contributed by atoms with Gasteiger partial charge in [0, 0.05) is 6.42 Å². The molecule has 21 heavy (non-hydrogen) atoms. The zero-order chi connectivity index (χ0) is 15.3. The van der Waals surface area contributed by atoms with Gasteiger partial charge < -0.3 is 10.4 Å². The SMILES string of the molecule is CC1CCC(NC(=O)CCC2CCCCC2)(C(=O)O)CC1. The Kier molecular flexibility index (Phi) is 5.65. The summed E-state index contributed by atoms with van der Waals surface area (Å²) in [5.41, 5.74) is -1.00. The summed E-state index contributed by atoms with van der Waals surface area (Å²) >= 11 is 0. The largest absolute Gasteiger partial charge is 0.480 e. The highest BCUT2D eigenvalue weighted by Gasteiger charge is 2.42. The molecule has 0 unspecified atom stereocenters. The minimum absolute atomic E-state index is 0.0717. The van der Waals surface area contributed by atoms with Crippen LogP contribution in [0.1, 0.15) is 77.6 Å². The molecule has 0 radical (unpaired) electrons. The summed E-state index contributed by atoms with van der Waals surface area (Å²) in [6.07, 6.45) is 10.6. The van der Waals surface area contributed by atoms with Gasteiger partial charge >= 0.3 is 5.97 Å². The average Bonchev–Trinajstić information content (AvgIpc) is 2.48. The minimum Gasteiger partial charge on any atom is -0.480 e. The number of aliphatic carboxylic acids is 1. The van der Waals surface area contributed by atoms with Crippen molar-refractivity contribution in [2.75, 3.05) is 0 Å². The number of carbonyl (C=O) groups excluding carboxylic acids is 1. The highest BCUT2D eigenvalue weighted by Crippen LogP contribution is 2.33. The number of rotatable bonds is 5. The lowest BCUT2D eigenvalue weighted by atomic mass is 9.77. The lowest BCUT2D eigenvalue weighted by Gasteiger charge is -2.36. The Bertz CT molecular complexity index is 366. The Balaban J connectivity index is 1.82. The first-order valence-corrected chi connectivity index (χ1v) is 8.56. The summed E-state index contributed by atoms with van der Waals surface area (Å²) in [6, 6.07) is 0. The van der Waals surface area contributed by atoms with Crippen molar-refractivity contribution in [1.82, 2.24) is 5.32 Å². The predicted molar refractivity (Wildman–Crippen MR) is 82.0 cm³/mol. The smallest absolute Gasteiger partial charge is 0.329 e. The van der Waals surface area contributed by atoms with Crippen LogP contribution in [-0.2, 0) is 9.59 Å². The molecule has 2 saturated carbocycles. The zero-order valence-corrected chi connectivity index (χ0v) is 13.2. The van der Waals surface area contributed by atoms with Crippen molar-refractivity contribution in [1.29, 1.82) is 0 Å². The molecular formula is C17H29NO3. The molecule has 0 aromatic heterocycles. The van der Waals surface area contributed by atoms with Crippen LogP contribution >= 0.6 is 0 Å². The van der Waals surface area contributed by atoms with E-state index in [0.717, 1.165) is 19.3 Å². The van der Waals surface area contributed by atoms with E-state index >= 15 is 0 Å². The van der Waals surface area contributed by atoms with Crippen molar-refractivity contribution in [3.05, 3.63) is 0 Å². The Hall–Kier alpha value is -1.06. The Labute approximate surface area is 127 Å². The molecule has 2 N–H and O–H groups in total. The second-order valence-corrected chi connectivity index (χ2v) is 7.16. The van der Waals surface area contributed by atoms with Crippen LogP contribution in [0.5, 0.6) is 0 Å². The van der Waals surface area contributed by atoms with Crippen molar-refractivity contribution in [3.8, 4) is 0 Å². The van der Waals surface area contributed by atoms with Crippen molar-refractivity contribution >= 4 is 11.9 Å². The second kappa shape index (κ2) is 7.28. The van der Waals surface area contributed by atoms with E-state index in [2.05, 4.69) is 12.2 Å². The maximum absolute atomic E-state index is 12.2. The molecule has 0 atom stereocenters. The van der Waals surface area contributed by atoms with Gasteiger partial charge in [0.25, 0.3) is 0 Å². The van der Waals surface area contributed by atoms with E-state index in [-0.39, 0.29) is 5.91 Å². The van der Waals surface area contributed by atoms with E-state index in [1.165, 1.54) is 32.1 Å². The van der Waals surface area contributed by atoms with Gasteiger partial charge in [-0.15, -0.1) is 0 Å². The van der Waals surface area contributed by atoms with E-state index in [1.807, 2.05) is 0 Å². The molecule has 1 amide bonds. The fourth-order valence-electron chi connectivity index (χ4n) is 3.79. The highest BCUT2D eigenvalue weighted by atomic mass is 16.4. The van der Waals surface area contributed by atoms with Crippen LogP contribution in [0, 0.1) is 11.8 Å². The standard InChI is InChI=1S/C17H29NO3/c1-13-9-11-17(12-10-13,16(20)21)18-15(19)8-7-14-5-3-2-4-6-14/h13-14H,2-12H2,1H3,(H,18,19)(H,20,21). The topological polar surface area (TPSA) is 66.4 Å². The summed E-state index contributed by atoms with van der Waals surface area (Å²) in [4.78, 5) is 23.8. The molecule has 2 aliphatic carbocycles. The average molecular weight is 295 g/mol. The van der Waals surface area contributed by atoms with Crippen LogP contribution < -0.4 is 5.32 Å². The molecule has 2 rings (SSSR count). The number of amides is 1. The van der Waals surface area contributed by atoms with Crippen LogP contribution in [0.25, 0.3) is 0 Å². The number of carboxylic acid groups (broad SMARTS) is 1. The number of carboxylic acids is 1. The molecule has 4 heteroatoms.